The highest BCUT2D eigenvalue weighted by Gasteiger charge is 2.38. The van der Waals surface area contributed by atoms with Crippen LogP contribution in [0.1, 0.15) is 91.4 Å². The fraction of sp³-hybridized carbons (Fsp3) is 1.00. The number of nitrogens with two attached hydrogens (primary N) is 1. The second-order valence-electron chi connectivity index (χ2n) is 6.69. The van der Waals surface area contributed by atoms with Crippen LogP contribution in [0.5, 0.6) is 0 Å². The maximum atomic E-state index is 9.02. The average molecular weight is 342 g/mol. The highest BCUT2D eigenvalue weighted by atomic mass is 35.5. The zero-order valence-corrected chi connectivity index (χ0v) is 15.9. The van der Waals surface area contributed by atoms with E-state index in [9.17, 15) is 0 Å². The first-order chi connectivity index (χ1) is 9.37. The molecule has 0 bridgehead atoms. The fourth-order valence-electron chi connectivity index (χ4n) is 2.73. The molecular formula is C17H37Cl2NO. The van der Waals surface area contributed by atoms with E-state index in [2.05, 4.69) is 13.8 Å². The first-order valence-electron chi connectivity index (χ1n) is 8.46. The maximum absolute atomic E-state index is 9.02. The Labute approximate surface area is 143 Å². The third kappa shape index (κ3) is 10.8. The molecule has 0 aromatic carbocycles. The summed E-state index contributed by atoms with van der Waals surface area (Å²) in [7, 11) is 0. The van der Waals surface area contributed by atoms with Gasteiger partial charge in [0.05, 0.1) is 5.00 Å². The third-order valence-electron chi connectivity index (χ3n) is 4.65. The van der Waals surface area contributed by atoms with Gasteiger partial charge in [-0.25, -0.2) is 0 Å². The van der Waals surface area contributed by atoms with E-state index in [1.165, 1.54) is 51.4 Å². The van der Waals surface area contributed by atoms with Gasteiger partial charge in [-0.2, -0.15) is 0 Å². The summed E-state index contributed by atoms with van der Waals surface area (Å²) >= 11 is 6.37. The Morgan fingerprint density at radius 2 is 1.29 bits per heavy atom. The summed E-state index contributed by atoms with van der Waals surface area (Å²) < 4.78 is 0. The molecule has 0 fully saturated rings. The summed E-state index contributed by atoms with van der Waals surface area (Å²) in [5.74, 6) is 0. The SMILES string of the molecule is CCCCCCCCCCC(C)(CCCO)C(C)(N)Cl.Cl. The highest BCUT2D eigenvalue weighted by molar-refractivity contribution is 6.23. The van der Waals surface area contributed by atoms with Crippen molar-refractivity contribution in [2.45, 2.75) is 96.4 Å². The number of hydrogen-bond donors (Lipinski definition) is 2. The van der Waals surface area contributed by atoms with Crippen molar-refractivity contribution in [3.8, 4) is 0 Å². The largest absolute Gasteiger partial charge is 0.396 e. The Bertz CT molecular complexity index is 231. The predicted molar refractivity (Wildman–Crippen MR) is 97.3 cm³/mol. The molecule has 21 heavy (non-hydrogen) atoms. The molecule has 2 nitrogen and oxygen atoms in total. The first-order valence-corrected chi connectivity index (χ1v) is 8.84. The molecule has 4 heteroatoms. The van der Waals surface area contributed by atoms with Gasteiger partial charge in [0.1, 0.15) is 0 Å². The van der Waals surface area contributed by atoms with Crippen molar-refractivity contribution < 1.29 is 5.11 Å². The van der Waals surface area contributed by atoms with Crippen LogP contribution in [0.15, 0.2) is 0 Å². The molecule has 130 valence electrons. The van der Waals surface area contributed by atoms with Gasteiger partial charge in [0.25, 0.3) is 0 Å². The molecule has 2 atom stereocenters. The Kier molecular flexibility index (Phi) is 14.7. The predicted octanol–water partition coefficient (Wildman–Crippen LogP) is 5.63. The lowest BCUT2D eigenvalue weighted by Crippen LogP contribution is -2.47. The van der Waals surface area contributed by atoms with E-state index in [-0.39, 0.29) is 24.4 Å². The number of alkyl halides is 1. The van der Waals surface area contributed by atoms with Crippen LogP contribution >= 0.6 is 24.0 Å². The summed E-state index contributed by atoms with van der Waals surface area (Å²) in [5.41, 5.74) is 6.05. The monoisotopic (exact) mass is 341 g/mol. The molecule has 0 aliphatic carbocycles. The van der Waals surface area contributed by atoms with E-state index >= 15 is 0 Å². The van der Waals surface area contributed by atoms with Gasteiger partial charge < -0.3 is 10.8 Å². The number of unbranched alkanes of at least 4 members (excludes halogenated alkanes) is 7. The van der Waals surface area contributed by atoms with Crippen molar-refractivity contribution in [3.05, 3.63) is 0 Å². The Morgan fingerprint density at radius 1 is 0.857 bits per heavy atom. The number of aliphatic hydroxyl groups excluding tert-OH is 1. The van der Waals surface area contributed by atoms with Crippen molar-refractivity contribution in [2.75, 3.05) is 6.61 Å². The van der Waals surface area contributed by atoms with Crippen molar-refractivity contribution in [3.63, 3.8) is 0 Å². The van der Waals surface area contributed by atoms with Crippen LogP contribution in [-0.4, -0.2) is 16.7 Å². The summed E-state index contributed by atoms with van der Waals surface area (Å²) in [6.45, 7) is 6.54. The van der Waals surface area contributed by atoms with Crippen LogP contribution in [0.4, 0.5) is 0 Å². The molecule has 0 saturated carbocycles. The Morgan fingerprint density at radius 3 is 1.71 bits per heavy atom. The number of hydrogen-bond acceptors (Lipinski definition) is 2. The molecule has 0 amide bonds. The summed E-state index contributed by atoms with van der Waals surface area (Å²) in [6.07, 6.45) is 13.3. The van der Waals surface area contributed by atoms with Gasteiger partial charge in [-0.3, -0.25) is 0 Å². The average Bonchev–Trinajstić information content (AvgIpc) is 2.38. The minimum Gasteiger partial charge on any atom is -0.396 e. The number of rotatable bonds is 13. The van der Waals surface area contributed by atoms with Gasteiger partial charge in [0.2, 0.25) is 0 Å². The van der Waals surface area contributed by atoms with Gasteiger partial charge in [-0.15, -0.1) is 24.0 Å². The lowest BCUT2D eigenvalue weighted by atomic mass is 9.74. The molecule has 0 rings (SSSR count). The van der Waals surface area contributed by atoms with Crippen LogP contribution in [0.3, 0.4) is 0 Å². The number of halogens is 2. The Balaban J connectivity index is 0. The summed E-state index contributed by atoms with van der Waals surface area (Å²) in [5, 5.41) is 9.02. The standard InChI is InChI=1S/C17H36ClNO.ClH/c1-4-5-6-7-8-9-10-11-13-16(2,14-12-15-20)17(3,18)19;/h20H,4-15,19H2,1-3H3;1H. The summed E-state index contributed by atoms with van der Waals surface area (Å²) in [4.78, 5) is -0.691. The van der Waals surface area contributed by atoms with Crippen molar-refractivity contribution in [1.29, 1.82) is 0 Å². The molecule has 0 radical (unpaired) electrons. The zero-order valence-electron chi connectivity index (χ0n) is 14.3. The lowest BCUT2D eigenvalue weighted by Gasteiger charge is -2.40. The maximum Gasteiger partial charge on any atom is 0.0936 e. The van der Waals surface area contributed by atoms with Crippen LogP contribution in [-0.2, 0) is 0 Å². The van der Waals surface area contributed by atoms with Crippen LogP contribution in [0.2, 0.25) is 0 Å². The van der Waals surface area contributed by atoms with Crippen molar-refractivity contribution >= 4 is 24.0 Å². The lowest BCUT2D eigenvalue weighted by molar-refractivity contribution is 0.163. The van der Waals surface area contributed by atoms with E-state index in [4.69, 9.17) is 22.4 Å². The van der Waals surface area contributed by atoms with Gasteiger partial charge in [-0.05, 0) is 31.6 Å². The van der Waals surface area contributed by atoms with Gasteiger partial charge in [-0.1, -0.05) is 65.2 Å². The fourth-order valence-corrected chi connectivity index (χ4v) is 2.92. The molecule has 2 unspecified atom stereocenters. The van der Waals surface area contributed by atoms with Crippen LogP contribution in [0.25, 0.3) is 0 Å². The first kappa shape index (κ1) is 23.8. The minimum absolute atomic E-state index is 0. The molecular weight excluding hydrogens is 305 g/mol. The van der Waals surface area contributed by atoms with Crippen molar-refractivity contribution in [2.24, 2.45) is 11.1 Å². The number of aliphatic hydroxyl groups is 1. The molecule has 0 saturated heterocycles. The topological polar surface area (TPSA) is 46.2 Å². The summed E-state index contributed by atoms with van der Waals surface area (Å²) in [6, 6.07) is 0. The smallest absolute Gasteiger partial charge is 0.0936 e. The van der Waals surface area contributed by atoms with Crippen molar-refractivity contribution in [1.82, 2.24) is 0 Å². The molecule has 0 aliphatic heterocycles. The Hall–Kier alpha value is 0.500. The molecule has 3 N–H and O–H groups in total. The highest BCUT2D eigenvalue weighted by Crippen LogP contribution is 2.41. The van der Waals surface area contributed by atoms with E-state index in [0.29, 0.717) is 0 Å². The molecule has 0 spiro atoms. The third-order valence-corrected chi connectivity index (χ3v) is 5.11. The van der Waals surface area contributed by atoms with Gasteiger partial charge in [0, 0.05) is 6.61 Å². The molecule has 0 aromatic heterocycles. The molecule has 0 aromatic rings. The van der Waals surface area contributed by atoms with Gasteiger partial charge in [0.15, 0.2) is 0 Å². The zero-order chi connectivity index (χ0) is 15.5. The minimum atomic E-state index is -0.691. The normalized spacial score (nSPS) is 16.9. The van der Waals surface area contributed by atoms with Gasteiger partial charge >= 0.3 is 0 Å². The van der Waals surface area contributed by atoms with Crippen LogP contribution < -0.4 is 5.73 Å². The second-order valence-corrected chi connectivity index (χ2v) is 7.47. The molecule has 0 heterocycles. The second kappa shape index (κ2) is 13.0. The van der Waals surface area contributed by atoms with E-state index in [1.807, 2.05) is 6.92 Å². The van der Waals surface area contributed by atoms with E-state index < -0.39 is 5.00 Å². The van der Waals surface area contributed by atoms with E-state index in [0.717, 1.165) is 19.3 Å². The quantitative estimate of drug-likeness (QED) is 0.259. The van der Waals surface area contributed by atoms with Crippen LogP contribution in [0, 0.1) is 5.41 Å². The molecule has 0 aliphatic rings. The van der Waals surface area contributed by atoms with E-state index in [1.54, 1.807) is 0 Å².